The highest BCUT2D eigenvalue weighted by molar-refractivity contribution is 5.90. The minimum absolute atomic E-state index is 0.234. The second-order valence-electron chi connectivity index (χ2n) is 5.70. The van der Waals surface area contributed by atoms with E-state index < -0.39 is 5.97 Å². The van der Waals surface area contributed by atoms with Gasteiger partial charge in [-0.05, 0) is 36.1 Å². The maximum absolute atomic E-state index is 11.5. The van der Waals surface area contributed by atoms with Gasteiger partial charge in [0.05, 0.1) is 12.7 Å². The number of ether oxygens (including phenoxy) is 1. The summed E-state index contributed by atoms with van der Waals surface area (Å²) < 4.78 is 4.69. The second-order valence-corrected chi connectivity index (χ2v) is 5.70. The number of methoxy groups -OCH3 is 1. The van der Waals surface area contributed by atoms with Gasteiger partial charge in [0.25, 0.3) is 0 Å². The van der Waals surface area contributed by atoms with E-state index in [0.717, 1.165) is 23.2 Å². The van der Waals surface area contributed by atoms with Crippen molar-refractivity contribution in [3.05, 3.63) is 47.2 Å². The molecule has 0 amide bonds. The highest BCUT2D eigenvalue weighted by atomic mass is 16.5. The molecule has 118 valence electrons. The van der Waals surface area contributed by atoms with Crippen LogP contribution in [-0.4, -0.2) is 18.1 Å². The van der Waals surface area contributed by atoms with E-state index >= 15 is 0 Å². The fourth-order valence-corrected chi connectivity index (χ4v) is 2.39. The van der Waals surface area contributed by atoms with Crippen molar-refractivity contribution in [2.24, 2.45) is 5.92 Å². The van der Waals surface area contributed by atoms with Crippen LogP contribution in [0.1, 0.15) is 35.5 Å². The summed E-state index contributed by atoms with van der Waals surface area (Å²) in [6.07, 6.45) is 0.781. The van der Waals surface area contributed by atoms with Crippen molar-refractivity contribution >= 4 is 11.8 Å². The minimum Gasteiger partial charge on any atom is -0.465 e. The van der Waals surface area contributed by atoms with Gasteiger partial charge in [-0.25, -0.2) is 9.78 Å². The molecule has 5 heteroatoms. The molecule has 0 spiro atoms. The number of pyridine rings is 1. The number of esters is 1. The van der Waals surface area contributed by atoms with Gasteiger partial charge in [-0.2, -0.15) is 5.26 Å². The van der Waals surface area contributed by atoms with Crippen LogP contribution in [0, 0.1) is 17.2 Å². The molecule has 1 aromatic carbocycles. The smallest absolute Gasteiger partial charge is 0.337 e. The van der Waals surface area contributed by atoms with Crippen molar-refractivity contribution in [3.8, 4) is 17.2 Å². The third-order valence-corrected chi connectivity index (χ3v) is 3.45. The van der Waals surface area contributed by atoms with Gasteiger partial charge in [0.2, 0.25) is 0 Å². The predicted molar refractivity (Wildman–Crippen MR) is 88.7 cm³/mol. The van der Waals surface area contributed by atoms with E-state index in [1.807, 2.05) is 6.07 Å². The Morgan fingerprint density at radius 2 is 2.00 bits per heavy atom. The lowest BCUT2D eigenvalue weighted by Gasteiger charge is -2.11. The molecule has 0 aliphatic heterocycles. The van der Waals surface area contributed by atoms with Crippen LogP contribution in [0.2, 0.25) is 0 Å². The van der Waals surface area contributed by atoms with E-state index in [4.69, 9.17) is 5.73 Å². The largest absolute Gasteiger partial charge is 0.465 e. The highest BCUT2D eigenvalue weighted by Crippen LogP contribution is 2.28. The Morgan fingerprint density at radius 3 is 2.52 bits per heavy atom. The van der Waals surface area contributed by atoms with Gasteiger partial charge in [-0.1, -0.05) is 26.0 Å². The zero-order chi connectivity index (χ0) is 17.0. The molecule has 0 unspecified atom stereocenters. The van der Waals surface area contributed by atoms with Crippen molar-refractivity contribution in [1.29, 1.82) is 5.26 Å². The zero-order valence-electron chi connectivity index (χ0n) is 13.5. The summed E-state index contributed by atoms with van der Waals surface area (Å²) in [6.45, 7) is 4.20. The number of nitrogens with zero attached hydrogens (tertiary/aromatic N) is 2. The zero-order valence-corrected chi connectivity index (χ0v) is 13.5. The van der Waals surface area contributed by atoms with E-state index in [-0.39, 0.29) is 5.82 Å². The number of hydrogen-bond acceptors (Lipinski definition) is 5. The molecule has 2 aromatic rings. The fourth-order valence-electron chi connectivity index (χ4n) is 2.39. The Balaban J connectivity index is 2.50. The van der Waals surface area contributed by atoms with Crippen molar-refractivity contribution in [3.63, 3.8) is 0 Å². The molecule has 23 heavy (non-hydrogen) atoms. The number of nitrogen functional groups attached to an aromatic ring is 1. The first-order valence-electron chi connectivity index (χ1n) is 7.34. The first-order chi connectivity index (χ1) is 11.0. The van der Waals surface area contributed by atoms with E-state index in [9.17, 15) is 10.1 Å². The van der Waals surface area contributed by atoms with Gasteiger partial charge >= 0.3 is 5.97 Å². The molecular weight excluding hydrogens is 290 g/mol. The fraction of sp³-hybridized carbons (Fsp3) is 0.278. The maximum atomic E-state index is 11.5. The summed E-state index contributed by atoms with van der Waals surface area (Å²) in [5.41, 5.74) is 9.14. The van der Waals surface area contributed by atoms with Gasteiger partial charge in [0, 0.05) is 11.3 Å². The quantitative estimate of drug-likeness (QED) is 0.876. The van der Waals surface area contributed by atoms with E-state index in [2.05, 4.69) is 29.6 Å². The lowest BCUT2D eigenvalue weighted by molar-refractivity contribution is 0.0601. The summed E-state index contributed by atoms with van der Waals surface area (Å²) in [4.78, 5) is 15.8. The number of aromatic nitrogens is 1. The number of rotatable bonds is 4. The summed E-state index contributed by atoms with van der Waals surface area (Å²) in [6, 6.07) is 10.9. The molecule has 0 atom stereocenters. The minimum atomic E-state index is -0.396. The molecule has 0 bridgehead atoms. The summed E-state index contributed by atoms with van der Waals surface area (Å²) in [5, 5.41) is 9.37. The number of nitrogens with two attached hydrogens (primary N) is 1. The van der Waals surface area contributed by atoms with Crippen LogP contribution in [0.4, 0.5) is 5.82 Å². The molecule has 2 N–H and O–H groups in total. The molecule has 0 fully saturated rings. The van der Waals surface area contributed by atoms with Crippen molar-refractivity contribution in [2.45, 2.75) is 20.3 Å². The Morgan fingerprint density at radius 1 is 1.35 bits per heavy atom. The number of anilines is 1. The van der Waals surface area contributed by atoms with Crippen LogP contribution in [0.15, 0.2) is 30.3 Å². The summed E-state index contributed by atoms with van der Waals surface area (Å²) >= 11 is 0. The highest BCUT2D eigenvalue weighted by Gasteiger charge is 2.14. The van der Waals surface area contributed by atoms with E-state index in [1.54, 1.807) is 24.3 Å². The van der Waals surface area contributed by atoms with E-state index in [0.29, 0.717) is 17.0 Å². The van der Waals surface area contributed by atoms with Gasteiger partial charge in [0.1, 0.15) is 17.5 Å². The van der Waals surface area contributed by atoms with Crippen LogP contribution in [-0.2, 0) is 11.2 Å². The van der Waals surface area contributed by atoms with Crippen LogP contribution in [0.5, 0.6) is 0 Å². The first kappa shape index (κ1) is 16.5. The Bertz CT molecular complexity index is 759. The molecular formula is C18H19N3O2. The molecule has 0 aliphatic rings. The molecule has 1 aromatic heterocycles. The normalized spacial score (nSPS) is 10.4. The monoisotopic (exact) mass is 309 g/mol. The van der Waals surface area contributed by atoms with Crippen LogP contribution < -0.4 is 5.73 Å². The lowest BCUT2D eigenvalue weighted by Crippen LogP contribution is -2.05. The maximum Gasteiger partial charge on any atom is 0.337 e. The molecule has 5 nitrogen and oxygen atoms in total. The standard InChI is InChI=1S/C18H19N3O2/c1-11(2)8-14-9-15(16(10-19)17(20)21-14)12-4-6-13(7-5-12)18(22)23-3/h4-7,9,11H,8H2,1-3H3,(H2,20,21). The Kier molecular flexibility index (Phi) is 4.97. The lowest BCUT2D eigenvalue weighted by atomic mass is 9.97. The third kappa shape index (κ3) is 3.67. The number of hydrogen-bond donors (Lipinski definition) is 1. The summed E-state index contributed by atoms with van der Waals surface area (Å²) in [5.74, 6) is 0.272. The number of carbonyl (C=O) groups excluding carboxylic acids is 1. The number of benzene rings is 1. The Hall–Kier alpha value is -2.87. The first-order valence-corrected chi connectivity index (χ1v) is 7.34. The molecule has 2 rings (SSSR count). The molecule has 1 heterocycles. The molecule has 0 saturated heterocycles. The SMILES string of the molecule is COC(=O)c1ccc(-c2cc(CC(C)C)nc(N)c2C#N)cc1. The average Bonchev–Trinajstić information content (AvgIpc) is 2.53. The third-order valence-electron chi connectivity index (χ3n) is 3.45. The molecule has 0 saturated carbocycles. The van der Waals surface area contributed by atoms with Crippen molar-refractivity contribution in [2.75, 3.05) is 12.8 Å². The molecule has 0 aliphatic carbocycles. The topological polar surface area (TPSA) is 89.0 Å². The number of carbonyl (C=O) groups is 1. The molecule has 0 radical (unpaired) electrons. The van der Waals surface area contributed by atoms with Crippen LogP contribution >= 0.6 is 0 Å². The second kappa shape index (κ2) is 6.93. The van der Waals surface area contributed by atoms with Crippen LogP contribution in [0.3, 0.4) is 0 Å². The summed E-state index contributed by atoms with van der Waals surface area (Å²) in [7, 11) is 1.34. The van der Waals surface area contributed by atoms with Crippen molar-refractivity contribution < 1.29 is 9.53 Å². The number of nitriles is 1. The van der Waals surface area contributed by atoms with Crippen molar-refractivity contribution in [1.82, 2.24) is 4.98 Å². The van der Waals surface area contributed by atoms with Gasteiger partial charge in [-0.15, -0.1) is 0 Å². The average molecular weight is 309 g/mol. The van der Waals surface area contributed by atoms with Crippen LogP contribution in [0.25, 0.3) is 11.1 Å². The Labute approximate surface area is 135 Å². The van der Waals surface area contributed by atoms with Gasteiger partial charge in [-0.3, -0.25) is 0 Å². The van der Waals surface area contributed by atoms with E-state index in [1.165, 1.54) is 7.11 Å². The van der Waals surface area contributed by atoms with Gasteiger partial charge < -0.3 is 10.5 Å². The van der Waals surface area contributed by atoms with Gasteiger partial charge in [0.15, 0.2) is 0 Å². The predicted octanol–water partition coefficient (Wildman–Crippen LogP) is 3.19.